The Labute approximate surface area is 105 Å². The highest BCUT2D eigenvalue weighted by molar-refractivity contribution is 5.76. The van der Waals surface area contributed by atoms with Gasteiger partial charge in [-0.15, -0.1) is 0 Å². The Balaban J connectivity index is 2.34. The topological polar surface area (TPSA) is 49.8 Å². The number of hydrogen-bond acceptors (Lipinski definition) is 3. The number of aliphatic carboxylic acids is 1. The molecule has 5 heteroatoms. The van der Waals surface area contributed by atoms with Gasteiger partial charge >= 0.3 is 5.97 Å². The van der Waals surface area contributed by atoms with Crippen LogP contribution in [0, 0.1) is 12.7 Å². The fourth-order valence-electron chi connectivity index (χ4n) is 2.23. The lowest BCUT2D eigenvalue weighted by Gasteiger charge is -2.32. The van der Waals surface area contributed by atoms with E-state index in [1.165, 1.54) is 12.1 Å². The second-order valence-electron chi connectivity index (χ2n) is 4.39. The molecule has 1 aromatic rings. The molecule has 0 aliphatic carbocycles. The van der Waals surface area contributed by atoms with Crippen LogP contribution in [0.5, 0.6) is 0 Å². The molecule has 0 saturated carbocycles. The van der Waals surface area contributed by atoms with Crippen LogP contribution in [0.4, 0.5) is 4.39 Å². The number of benzene rings is 1. The molecule has 0 aromatic heterocycles. The predicted octanol–water partition coefficient (Wildman–Crippen LogP) is 1.59. The molecule has 1 unspecified atom stereocenters. The first-order valence-corrected chi connectivity index (χ1v) is 5.90. The van der Waals surface area contributed by atoms with Gasteiger partial charge in [0.25, 0.3) is 0 Å². The summed E-state index contributed by atoms with van der Waals surface area (Å²) < 4.78 is 18.5. The third kappa shape index (κ3) is 2.68. The van der Waals surface area contributed by atoms with Crippen molar-refractivity contribution in [1.29, 1.82) is 0 Å². The van der Waals surface area contributed by atoms with Crippen molar-refractivity contribution in [2.24, 2.45) is 0 Å². The third-order valence-corrected chi connectivity index (χ3v) is 3.18. The smallest absolute Gasteiger partial charge is 0.325 e. The second kappa shape index (κ2) is 5.46. The lowest BCUT2D eigenvalue weighted by molar-refractivity contribution is -0.145. The number of morpholine rings is 1. The van der Waals surface area contributed by atoms with E-state index in [0.29, 0.717) is 31.9 Å². The normalized spacial score (nSPS) is 18.6. The Morgan fingerprint density at radius 3 is 2.72 bits per heavy atom. The zero-order valence-electron chi connectivity index (χ0n) is 10.2. The quantitative estimate of drug-likeness (QED) is 0.888. The minimum Gasteiger partial charge on any atom is -0.480 e. The van der Waals surface area contributed by atoms with Gasteiger partial charge < -0.3 is 9.84 Å². The molecule has 1 saturated heterocycles. The molecule has 2 rings (SSSR count). The predicted molar refractivity (Wildman–Crippen MR) is 63.9 cm³/mol. The van der Waals surface area contributed by atoms with E-state index in [0.717, 1.165) is 5.56 Å². The first-order chi connectivity index (χ1) is 8.59. The van der Waals surface area contributed by atoms with Crippen LogP contribution in [-0.2, 0) is 9.53 Å². The first kappa shape index (κ1) is 13.0. The number of halogens is 1. The number of aryl methyl sites for hydroxylation is 1. The lowest BCUT2D eigenvalue weighted by Crippen LogP contribution is -2.42. The molecule has 98 valence electrons. The Morgan fingerprint density at radius 2 is 2.11 bits per heavy atom. The average Bonchev–Trinajstić information content (AvgIpc) is 2.35. The van der Waals surface area contributed by atoms with Gasteiger partial charge in [-0.05, 0) is 30.2 Å². The minimum absolute atomic E-state index is 0.407. The summed E-state index contributed by atoms with van der Waals surface area (Å²) in [7, 11) is 0. The standard InChI is InChI=1S/C13H16FNO3/c1-9-2-3-10(14)8-11(9)12(13(16)17)15-4-6-18-7-5-15/h2-3,8,12H,4-7H2,1H3,(H,16,17). The zero-order chi connectivity index (χ0) is 13.1. The Kier molecular flexibility index (Phi) is 3.93. The van der Waals surface area contributed by atoms with Crippen molar-refractivity contribution in [3.63, 3.8) is 0 Å². The van der Waals surface area contributed by atoms with Crippen molar-refractivity contribution < 1.29 is 19.0 Å². The Hall–Kier alpha value is -1.46. The molecule has 1 aliphatic heterocycles. The molecular formula is C13H16FNO3. The van der Waals surface area contributed by atoms with E-state index in [2.05, 4.69) is 0 Å². The number of rotatable bonds is 3. The van der Waals surface area contributed by atoms with Crippen molar-refractivity contribution in [3.05, 3.63) is 35.1 Å². The van der Waals surface area contributed by atoms with E-state index in [4.69, 9.17) is 4.74 Å². The number of carboxylic acids is 1. The number of carboxylic acid groups (broad SMARTS) is 1. The maximum Gasteiger partial charge on any atom is 0.325 e. The molecule has 1 aliphatic rings. The van der Waals surface area contributed by atoms with Crippen LogP contribution in [0.25, 0.3) is 0 Å². The number of nitrogens with zero attached hydrogens (tertiary/aromatic N) is 1. The Morgan fingerprint density at radius 1 is 1.44 bits per heavy atom. The van der Waals surface area contributed by atoms with E-state index in [-0.39, 0.29) is 0 Å². The van der Waals surface area contributed by atoms with Gasteiger partial charge in [-0.3, -0.25) is 9.69 Å². The summed E-state index contributed by atoms with van der Waals surface area (Å²) in [6.07, 6.45) is 0. The van der Waals surface area contributed by atoms with E-state index in [9.17, 15) is 14.3 Å². The third-order valence-electron chi connectivity index (χ3n) is 3.18. The van der Waals surface area contributed by atoms with Crippen LogP contribution < -0.4 is 0 Å². The molecule has 0 amide bonds. The van der Waals surface area contributed by atoms with Crippen molar-refractivity contribution >= 4 is 5.97 Å². The average molecular weight is 253 g/mol. The maximum atomic E-state index is 13.3. The summed E-state index contributed by atoms with van der Waals surface area (Å²) in [5, 5.41) is 9.39. The second-order valence-corrected chi connectivity index (χ2v) is 4.39. The summed E-state index contributed by atoms with van der Waals surface area (Å²) in [6, 6.07) is 3.46. The molecule has 4 nitrogen and oxygen atoms in total. The first-order valence-electron chi connectivity index (χ1n) is 5.90. The highest BCUT2D eigenvalue weighted by atomic mass is 19.1. The van der Waals surface area contributed by atoms with Gasteiger partial charge in [-0.25, -0.2) is 4.39 Å². The SMILES string of the molecule is Cc1ccc(F)cc1C(C(=O)O)N1CCOCC1. The molecule has 0 spiro atoms. The fourth-order valence-corrected chi connectivity index (χ4v) is 2.23. The van der Waals surface area contributed by atoms with Crippen molar-refractivity contribution in [2.75, 3.05) is 26.3 Å². The van der Waals surface area contributed by atoms with Crippen LogP contribution >= 0.6 is 0 Å². The summed E-state index contributed by atoms with van der Waals surface area (Å²) in [5.41, 5.74) is 1.31. The van der Waals surface area contributed by atoms with Gasteiger partial charge in [-0.2, -0.15) is 0 Å². The molecule has 1 aromatic carbocycles. The monoisotopic (exact) mass is 253 g/mol. The van der Waals surface area contributed by atoms with Crippen LogP contribution in [0.2, 0.25) is 0 Å². The molecule has 1 N–H and O–H groups in total. The number of carbonyl (C=O) groups is 1. The van der Waals surface area contributed by atoms with Crippen LogP contribution in [-0.4, -0.2) is 42.3 Å². The zero-order valence-corrected chi connectivity index (χ0v) is 10.2. The molecule has 1 heterocycles. The molecule has 1 fully saturated rings. The van der Waals surface area contributed by atoms with Crippen LogP contribution in [0.15, 0.2) is 18.2 Å². The molecule has 0 bridgehead atoms. The highest BCUT2D eigenvalue weighted by Crippen LogP contribution is 2.25. The van der Waals surface area contributed by atoms with E-state index >= 15 is 0 Å². The van der Waals surface area contributed by atoms with E-state index in [1.807, 2.05) is 4.90 Å². The molecule has 18 heavy (non-hydrogen) atoms. The molecule has 0 radical (unpaired) electrons. The summed E-state index contributed by atoms with van der Waals surface area (Å²) >= 11 is 0. The van der Waals surface area contributed by atoms with Gasteiger partial charge in [0.15, 0.2) is 0 Å². The summed E-state index contributed by atoms with van der Waals surface area (Å²) in [5.74, 6) is -1.36. The molecular weight excluding hydrogens is 237 g/mol. The van der Waals surface area contributed by atoms with Gasteiger partial charge in [-0.1, -0.05) is 6.07 Å². The van der Waals surface area contributed by atoms with E-state index < -0.39 is 17.8 Å². The molecule has 1 atom stereocenters. The van der Waals surface area contributed by atoms with Crippen molar-refractivity contribution in [1.82, 2.24) is 4.90 Å². The van der Waals surface area contributed by atoms with Gasteiger partial charge in [0.2, 0.25) is 0 Å². The van der Waals surface area contributed by atoms with Crippen molar-refractivity contribution in [2.45, 2.75) is 13.0 Å². The van der Waals surface area contributed by atoms with Crippen LogP contribution in [0.1, 0.15) is 17.2 Å². The fraction of sp³-hybridized carbons (Fsp3) is 0.462. The summed E-state index contributed by atoms with van der Waals surface area (Å²) in [4.78, 5) is 13.3. The largest absolute Gasteiger partial charge is 0.480 e. The van der Waals surface area contributed by atoms with Gasteiger partial charge in [0.1, 0.15) is 11.9 Å². The summed E-state index contributed by atoms with van der Waals surface area (Å²) in [6.45, 7) is 3.92. The Bertz CT molecular complexity index is 444. The minimum atomic E-state index is -0.953. The van der Waals surface area contributed by atoms with Crippen LogP contribution in [0.3, 0.4) is 0 Å². The highest BCUT2D eigenvalue weighted by Gasteiger charge is 2.30. The number of ether oxygens (including phenoxy) is 1. The lowest BCUT2D eigenvalue weighted by atomic mass is 9.99. The van der Waals surface area contributed by atoms with Crippen molar-refractivity contribution in [3.8, 4) is 0 Å². The number of hydrogen-bond donors (Lipinski definition) is 1. The van der Waals surface area contributed by atoms with E-state index in [1.54, 1.807) is 13.0 Å². The maximum absolute atomic E-state index is 13.3. The van der Waals surface area contributed by atoms with Gasteiger partial charge in [0.05, 0.1) is 13.2 Å². The van der Waals surface area contributed by atoms with Gasteiger partial charge in [0, 0.05) is 13.1 Å².